The van der Waals surface area contributed by atoms with Crippen molar-refractivity contribution < 1.29 is 5.11 Å². The molecular formula is C19H15N3O2. The summed E-state index contributed by atoms with van der Waals surface area (Å²) in [6.45, 7) is 0. The zero-order chi connectivity index (χ0) is 16.4. The van der Waals surface area contributed by atoms with Crippen LogP contribution in [0.2, 0.25) is 0 Å². The van der Waals surface area contributed by atoms with Gasteiger partial charge in [0, 0.05) is 22.7 Å². The molecule has 24 heavy (non-hydrogen) atoms. The smallest absolute Gasteiger partial charge is 0.336 e. The molecule has 0 spiro atoms. The average molecular weight is 317 g/mol. The molecule has 2 bridgehead atoms. The summed E-state index contributed by atoms with van der Waals surface area (Å²) < 4.78 is 3.18. The monoisotopic (exact) mass is 317 g/mol. The maximum absolute atomic E-state index is 13.0. The number of nitriles is 1. The highest BCUT2D eigenvalue weighted by molar-refractivity contribution is 5.94. The van der Waals surface area contributed by atoms with Gasteiger partial charge in [-0.2, -0.15) is 5.26 Å². The van der Waals surface area contributed by atoms with E-state index in [1.165, 1.54) is 4.57 Å². The molecule has 0 radical (unpaired) electrons. The maximum Gasteiger partial charge on any atom is 0.336 e. The number of aromatic hydroxyl groups is 1. The van der Waals surface area contributed by atoms with Crippen molar-refractivity contribution in [3.05, 3.63) is 58.1 Å². The zero-order valence-electron chi connectivity index (χ0n) is 12.9. The van der Waals surface area contributed by atoms with Gasteiger partial charge in [-0.25, -0.2) is 9.36 Å². The molecule has 2 heterocycles. The molecule has 1 aliphatic carbocycles. The van der Waals surface area contributed by atoms with Gasteiger partial charge in [-0.1, -0.05) is 24.3 Å². The van der Waals surface area contributed by atoms with E-state index < -0.39 is 0 Å². The molecule has 0 unspecified atom stereocenters. The summed E-state index contributed by atoms with van der Waals surface area (Å²) in [7, 11) is 0. The van der Waals surface area contributed by atoms with E-state index in [4.69, 9.17) is 0 Å². The van der Waals surface area contributed by atoms with E-state index in [9.17, 15) is 15.2 Å². The molecule has 3 aromatic rings. The standard InChI is InChI=1S/C19H15N3O2/c20-10-12-6-8-16(15-4-2-1-3-14(12)15)22-18(23)17-11-5-7-13(9-11)21(17)19(22)24/h1-4,6,8,11,13,23H,5,7,9H2/t11-,13+/m1/s1. The van der Waals surface area contributed by atoms with Gasteiger partial charge in [-0.3, -0.25) is 4.57 Å². The highest BCUT2D eigenvalue weighted by Crippen LogP contribution is 2.51. The van der Waals surface area contributed by atoms with Gasteiger partial charge in [-0.15, -0.1) is 0 Å². The third-order valence-electron chi connectivity index (χ3n) is 5.52. The molecule has 2 atom stereocenters. The van der Waals surface area contributed by atoms with Gasteiger partial charge in [0.05, 0.1) is 23.0 Å². The number of nitrogens with zero attached hydrogens (tertiary/aromatic N) is 3. The van der Waals surface area contributed by atoms with E-state index in [2.05, 4.69) is 6.07 Å². The summed E-state index contributed by atoms with van der Waals surface area (Å²) >= 11 is 0. The van der Waals surface area contributed by atoms with Crippen molar-refractivity contribution >= 4 is 10.8 Å². The van der Waals surface area contributed by atoms with Crippen LogP contribution in [0.4, 0.5) is 0 Å². The SMILES string of the molecule is N#Cc1ccc(-n2c(O)c3n(c2=O)[C@H]2CC[C@@H]3C2)c2ccccc12. The number of fused-ring (bicyclic) bond motifs is 6. The molecule has 1 saturated carbocycles. The van der Waals surface area contributed by atoms with Gasteiger partial charge < -0.3 is 5.11 Å². The van der Waals surface area contributed by atoms with Gasteiger partial charge in [0.2, 0.25) is 5.88 Å². The molecule has 1 N–H and O–H groups in total. The molecule has 5 heteroatoms. The van der Waals surface area contributed by atoms with Gasteiger partial charge in [-0.05, 0) is 31.4 Å². The number of hydrogen-bond donors (Lipinski definition) is 1. The third kappa shape index (κ3) is 1.50. The quantitative estimate of drug-likeness (QED) is 0.749. The Balaban J connectivity index is 1.85. The topological polar surface area (TPSA) is 71.0 Å². The Morgan fingerprint density at radius 1 is 1.12 bits per heavy atom. The summed E-state index contributed by atoms with van der Waals surface area (Å²) in [5.41, 5.74) is 1.80. The molecule has 5 nitrogen and oxygen atoms in total. The van der Waals surface area contributed by atoms with E-state index in [0.717, 1.165) is 35.7 Å². The van der Waals surface area contributed by atoms with E-state index in [0.29, 0.717) is 11.3 Å². The predicted molar refractivity (Wildman–Crippen MR) is 89.5 cm³/mol. The van der Waals surface area contributed by atoms with Crippen molar-refractivity contribution in [2.24, 2.45) is 0 Å². The highest BCUT2D eigenvalue weighted by atomic mass is 16.3. The lowest BCUT2D eigenvalue weighted by Gasteiger charge is -2.11. The minimum atomic E-state index is -0.176. The van der Waals surface area contributed by atoms with Gasteiger partial charge in [0.15, 0.2) is 0 Å². The van der Waals surface area contributed by atoms with Crippen LogP contribution < -0.4 is 5.69 Å². The van der Waals surface area contributed by atoms with Crippen LogP contribution in [0.5, 0.6) is 5.88 Å². The molecule has 118 valence electrons. The van der Waals surface area contributed by atoms with Crippen LogP contribution in [0, 0.1) is 11.3 Å². The first-order valence-corrected chi connectivity index (χ1v) is 8.19. The first-order chi connectivity index (χ1) is 11.7. The summed E-state index contributed by atoms with van der Waals surface area (Å²) in [5, 5.41) is 21.7. The van der Waals surface area contributed by atoms with Crippen molar-refractivity contribution in [3.8, 4) is 17.6 Å². The van der Waals surface area contributed by atoms with Crippen molar-refractivity contribution in [1.29, 1.82) is 5.26 Å². The van der Waals surface area contributed by atoms with E-state index in [-0.39, 0.29) is 23.5 Å². The lowest BCUT2D eigenvalue weighted by molar-refractivity contribution is 0.428. The Labute approximate surface area is 138 Å². The zero-order valence-corrected chi connectivity index (χ0v) is 12.9. The van der Waals surface area contributed by atoms with E-state index in [1.807, 2.05) is 24.3 Å². The van der Waals surface area contributed by atoms with Crippen LogP contribution in [0.25, 0.3) is 16.5 Å². The third-order valence-corrected chi connectivity index (χ3v) is 5.52. The average Bonchev–Trinajstić information content (AvgIpc) is 3.28. The lowest BCUT2D eigenvalue weighted by atomic mass is 10.0. The maximum atomic E-state index is 13.0. The first-order valence-electron chi connectivity index (χ1n) is 8.19. The molecule has 5 rings (SSSR count). The number of aromatic nitrogens is 2. The van der Waals surface area contributed by atoms with Crippen molar-refractivity contribution in [1.82, 2.24) is 9.13 Å². The fourth-order valence-corrected chi connectivity index (χ4v) is 4.49. The Hall–Kier alpha value is -3.00. The molecule has 0 saturated heterocycles. The molecule has 0 amide bonds. The number of rotatable bonds is 1. The summed E-state index contributed by atoms with van der Waals surface area (Å²) in [4.78, 5) is 13.0. The van der Waals surface area contributed by atoms with E-state index in [1.54, 1.807) is 16.7 Å². The molecule has 2 aromatic carbocycles. The van der Waals surface area contributed by atoms with E-state index >= 15 is 0 Å². The molecular weight excluding hydrogens is 302 g/mol. The number of imidazole rings is 1. The minimum Gasteiger partial charge on any atom is -0.493 e. The Morgan fingerprint density at radius 2 is 1.92 bits per heavy atom. The lowest BCUT2D eigenvalue weighted by Crippen LogP contribution is -2.25. The van der Waals surface area contributed by atoms with Crippen molar-refractivity contribution in [2.45, 2.75) is 31.2 Å². The highest BCUT2D eigenvalue weighted by Gasteiger charge is 2.42. The van der Waals surface area contributed by atoms with Crippen LogP contribution >= 0.6 is 0 Å². The second kappa shape index (κ2) is 4.51. The van der Waals surface area contributed by atoms with Gasteiger partial charge in [0.25, 0.3) is 0 Å². The van der Waals surface area contributed by atoms with Crippen LogP contribution in [-0.2, 0) is 0 Å². The molecule has 1 aromatic heterocycles. The van der Waals surface area contributed by atoms with Crippen LogP contribution in [0.1, 0.15) is 42.5 Å². The predicted octanol–water partition coefficient (Wildman–Crippen LogP) is 3.19. The second-order valence-corrected chi connectivity index (χ2v) is 6.65. The Kier molecular flexibility index (Phi) is 2.53. The normalized spacial score (nSPS) is 21.1. The summed E-state index contributed by atoms with van der Waals surface area (Å²) in [6.07, 6.45) is 3.01. The Bertz CT molecular complexity index is 1100. The fourth-order valence-electron chi connectivity index (χ4n) is 4.49. The van der Waals surface area contributed by atoms with Crippen LogP contribution in [-0.4, -0.2) is 14.2 Å². The minimum absolute atomic E-state index is 0.0575. The van der Waals surface area contributed by atoms with Crippen molar-refractivity contribution in [2.75, 3.05) is 0 Å². The molecule has 1 aliphatic heterocycles. The largest absolute Gasteiger partial charge is 0.493 e. The van der Waals surface area contributed by atoms with Crippen LogP contribution in [0.3, 0.4) is 0 Å². The molecule has 1 fully saturated rings. The van der Waals surface area contributed by atoms with Crippen molar-refractivity contribution in [3.63, 3.8) is 0 Å². The summed E-state index contributed by atoms with van der Waals surface area (Å²) in [6, 6.07) is 13.4. The van der Waals surface area contributed by atoms with Gasteiger partial charge >= 0.3 is 5.69 Å². The Morgan fingerprint density at radius 3 is 2.67 bits per heavy atom. The van der Waals surface area contributed by atoms with Crippen LogP contribution in [0.15, 0.2) is 41.2 Å². The second-order valence-electron chi connectivity index (χ2n) is 6.65. The summed E-state index contributed by atoms with van der Waals surface area (Å²) in [5.74, 6) is 0.343. The fraction of sp³-hybridized carbons (Fsp3) is 0.263. The number of hydrogen-bond acceptors (Lipinski definition) is 3. The first kappa shape index (κ1) is 13.4. The molecule has 2 aliphatic rings. The number of benzene rings is 2. The van der Waals surface area contributed by atoms with Gasteiger partial charge in [0.1, 0.15) is 0 Å².